The fraction of sp³-hybridized carbons (Fsp3) is 0.433. The van der Waals surface area contributed by atoms with Crippen LogP contribution in [0.15, 0.2) is 165 Å². The van der Waals surface area contributed by atoms with Crippen LogP contribution in [0.3, 0.4) is 0 Å². The van der Waals surface area contributed by atoms with Crippen molar-refractivity contribution in [2.45, 2.75) is 153 Å². The average molecular weight is 1840 g/mol. The summed E-state index contributed by atoms with van der Waals surface area (Å²) in [6.45, 7) is 11.8. The molecule has 3 aromatic heterocycles. The Balaban J connectivity index is 0.544. The molecule has 0 saturated carbocycles. The first-order chi connectivity index (χ1) is 61.4. The second kappa shape index (κ2) is 41.7. The maximum absolute atomic E-state index is 14.5. The van der Waals surface area contributed by atoms with Gasteiger partial charge in [-0.3, -0.25) is 34.0 Å². The minimum atomic E-state index is -5.25. The Morgan fingerprint density at radius 3 is 2.09 bits per heavy atom. The van der Waals surface area contributed by atoms with E-state index in [0.717, 1.165) is 22.8 Å². The number of hydrogen-bond acceptors (Lipinski definition) is 31. The van der Waals surface area contributed by atoms with Crippen LogP contribution in [0.1, 0.15) is 125 Å². The number of methoxy groups -OCH3 is 2. The van der Waals surface area contributed by atoms with Gasteiger partial charge >= 0.3 is 10.4 Å². The van der Waals surface area contributed by atoms with Gasteiger partial charge in [0.15, 0.2) is 50.1 Å². The van der Waals surface area contributed by atoms with Crippen LogP contribution < -0.4 is 33.2 Å². The number of aliphatic hydroxyl groups is 3. The maximum Gasteiger partial charge on any atom is 0.501 e. The van der Waals surface area contributed by atoms with Gasteiger partial charge in [-0.05, 0) is 145 Å². The number of hydrogen-bond donors (Lipinski definition) is 5. The molecular formula is C90H103N9O25S4. The summed E-state index contributed by atoms with van der Waals surface area (Å²) < 4.78 is 134. The van der Waals surface area contributed by atoms with Gasteiger partial charge in [0.2, 0.25) is 12.2 Å². The van der Waals surface area contributed by atoms with Crippen molar-refractivity contribution in [2.75, 3.05) is 92.5 Å². The van der Waals surface area contributed by atoms with E-state index >= 15 is 0 Å². The van der Waals surface area contributed by atoms with Crippen molar-refractivity contribution < 1.29 is 117 Å². The first-order valence-electron chi connectivity index (χ1n) is 41.7. The van der Waals surface area contributed by atoms with Gasteiger partial charge in [-0.2, -0.15) is 0 Å². The van der Waals surface area contributed by atoms with Gasteiger partial charge in [-0.15, -0.1) is 36.2 Å². The number of aromatic nitrogens is 3. The lowest BCUT2D eigenvalue weighted by molar-refractivity contribution is -0.230. The summed E-state index contributed by atoms with van der Waals surface area (Å²) in [7, 11) is -6.02. The van der Waals surface area contributed by atoms with Crippen molar-refractivity contribution in [3.05, 3.63) is 215 Å². The van der Waals surface area contributed by atoms with Gasteiger partial charge in [0.25, 0.3) is 17.7 Å². The zero-order valence-electron chi connectivity index (χ0n) is 71.7. The number of amides is 4. The lowest BCUT2D eigenvalue weighted by Crippen LogP contribution is -2.51. The van der Waals surface area contributed by atoms with Crippen molar-refractivity contribution in [3.8, 4) is 28.7 Å². The van der Waals surface area contributed by atoms with E-state index in [4.69, 9.17) is 70.5 Å². The molecule has 5 aromatic carbocycles. The molecule has 34 nitrogen and oxygen atoms in total. The number of ketones is 1. The van der Waals surface area contributed by atoms with E-state index in [1.807, 2.05) is 68.6 Å². The Hall–Kier alpha value is -10.9. The van der Waals surface area contributed by atoms with Crippen LogP contribution in [0, 0.1) is 18.3 Å². The monoisotopic (exact) mass is 1840 g/mol. The van der Waals surface area contributed by atoms with E-state index in [1.54, 1.807) is 105 Å². The number of nitrogens with one attached hydrogen (secondary N) is 2. The molecule has 0 radical (unpaired) electrons. The second-order valence-corrected chi connectivity index (χ2v) is 38.2. The minimum absolute atomic E-state index is 0.00536. The molecule has 0 spiro atoms. The molecule has 8 aromatic rings. The van der Waals surface area contributed by atoms with Crippen LogP contribution in [-0.4, -0.2) is 240 Å². The molecule has 14 rings (SSSR count). The molecule has 6 aliphatic rings. The van der Waals surface area contributed by atoms with Gasteiger partial charge in [-0.1, -0.05) is 48.9 Å². The fourth-order valence-electron chi connectivity index (χ4n) is 15.0. The molecule has 8 heterocycles. The van der Waals surface area contributed by atoms with E-state index < -0.39 is 86.1 Å². The third kappa shape index (κ3) is 24.0. The van der Waals surface area contributed by atoms with E-state index in [0.29, 0.717) is 67.2 Å². The number of aryl methyl sites for hydroxylation is 1. The number of rotatable bonds is 43. The Bertz CT molecular complexity index is 5690. The molecule has 0 bridgehead atoms. The van der Waals surface area contributed by atoms with Crippen molar-refractivity contribution in [3.63, 3.8) is 0 Å². The van der Waals surface area contributed by atoms with Crippen LogP contribution in [0.5, 0.6) is 28.7 Å². The number of carbonyl (C=O) groups is 5. The molecule has 8 atom stereocenters. The topological polar surface area (TPSA) is 420 Å². The quantitative estimate of drug-likeness (QED) is 0.0176. The summed E-state index contributed by atoms with van der Waals surface area (Å²) in [5, 5.41) is 49.4. The molecule has 1 aliphatic carbocycles. The van der Waals surface area contributed by atoms with Gasteiger partial charge in [0.05, 0.1) is 151 Å². The van der Waals surface area contributed by atoms with Crippen LogP contribution >= 0.6 is 22.7 Å². The largest absolute Gasteiger partial charge is 0.501 e. The molecule has 5 aliphatic heterocycles. The molecule has 4 amide bonds. The van der Waals surface area contributed by atoms with Crippen molar-refractivity contribution in [1.82, 2.24) is 35.4 Å². The Morgan fingerprint density at radius 1 is 0.672 bits per heavy atom. The van der Waals surface area contributed by atoms with Crippen molar-refractivity contribution in [2.24, 2.45) is 21.3 Å². The summed E-state index contributed by atoms with van der Waals surface area (Å²) in [5.41, 5.74) is 4.26. The first kappa shape index (κ1) is 93.3. The van der Waals surface area contributed by atoms with Gasteiger partial charge in [0, 0.05) is 102 Å². The Labute approximate surface area is 748 Å². The first-order valence-corrected chi connectivity index (χ1v) is 46.5. The van der Waals surface area contributed by atoms with Crippen molar-refractivity contribution >= 4 is 90.4 Å². The van der Waals surface area contributed by atoms with E-state index in [9.17, 15) is 56.1 Å². The normalized spacial score (nSPS) is 19.6. The lowest BCUT2D eigenvalue weighted by Gasteiger charge is -2.36. The summed E-state index contributed by atoms with van der Waals surface area (Å²) in [4.78, 5) is 84.5. The number of carbonyl (C=O) groups excluding carboxylic acids is 5. The maximum atomic E-state index is 14.5. The molecule has 128 heavy (non-hydrogen) atoms. The number of thiophene rings is 2. The number of nitrogens with zero attached hydrogens (tertiary/aromatic N) is 7. The Morgan fingerprint density at radius 2 is 1.36 bits per heavy atom. The van der Waals surface area contributed by atoms with E-state index in [-0.39, 0.29) is 189 Å². The van der Waals surface area contributed by atoms with E-state index in [2.05, 4.69) is 20.9 Å². The average Bonchev–Trinajstić information content (AvgIpc) is 1.62. The van der Waals surface area contributed by atoms with Crippen LogP contribution in [0.2, 0.25) is 0 Å². The van der Waals surface area contributed by atoms with E-state index in [1.165, 1.54) is 66.4 Å². The third-order valence-electron chi connectivity index (χ3n) is 22.0. The number of ether oxygens (including phenoxy) is 11. The molecule has 4 unspecified atom stereocenters. The molecule has 682 valence electrons. The van der Waals surface area contributed by atoms with Crippen LogP contribution in [0.4, 0.5) is 5.69 Å². The smallest absolute Gasteiger partial charge is 0.493 e. The second-order valence-electron chi connectivity index (χ2n) is 32.9. The zero-order valence-corrected chi connectivity index (χ0v) is 75.0. The van der Waals surface area contributed by atoms with Gasteiger partial charge in [0.1, 0.15) is 36.9 Å². The third-order valence-corrected chi connectivity index (χ3v) is 26.5. The molecule has 38 heteroatoms. The highest BCUT2D eigenvalue weighted by Crippen LogP contribution is 2.42. The molecule has 5 N–H and O–H groups in total. The SMILES string of the molecule is COC1=CC2C(=O)N3Cc4ccsc4CC3C=NC2C=C1OCc1cc(COc2cc3c(cc2OC)C(=O)N2Cc4ccsc4C[C@H]2C=N3)cc(OS(=O)(=O)Oc2cc(C(=O)NCCOCCOCCOCCn3cc(COC(C)(C)COCC(C)(C)CNC(=O)c4cccc(C(=O)CCS(=O)(=O)c5ccc(C)cc5)c4)nn3)ccc2O[C@H]2C[C@@H](O)C(O)[C@@H](CO)O2)c1. The number of benzene rings is 5. The molecule has 1 fully saturated rings. The van der Waals surface area contributed by atoms with Gasteiger partial charge < -0.3 is 96.2 Å². The number of aliphatic hydroxyl groups excluding tert-OH is 3. The lowest BCUT2D eigenvalue weighted by atomic mass is 9.91. The van der Waals surface area contributed by atoms with Crippen molar-refractivity contribution in [1.29, 1.82) is 0 Å². The molecule has 1 saturated heterocycles. The highest BCUT2D eigenvalue weighted by molar-refractivity contribution is 7.91. The van der Waals surface area contributed by atoms with Gasteiger partial charge in [-0.25, -0.2) is 13.1 Å². The predicted octanol–water partition coefficient (Wildman–Crippen LogP) is 8.75. The summed E-state index contributed by atoms with van der Waals surface area (Å²) >= 11 is 3.29. The van der Waals surface area contributed by atoms with Crippen LogP contribution in [0.25, 0.3) is 0 Å². The Kier molecular flexibility index (Phi) is 30.4. The molecular weight excluding hydrogens is 1740 g/mol. The zero-order chi connectivity index (χ0) is 90.4. The summed E-state index contributed by atoms with van der Waals surface area (Å²) in [6, 6.07) is 26.9. The fourth-order valence-corrected chi connectivity index (χ4v) is 18.9. The number of fused-ring (bicyclic) bond motifs is 6. The predicted molar refractivity (Wildman–Crippen MR) is 469 cm³/mol. The number of sulfone groups is 1. The number of Topliss-reactive ketones (excluding diaryl/α,β-unsaturated/α-hetero) is 1. The summed E-state index contributed by atoms with van der Waals surface area (Å²) in [6.07, 6.45) is 3.88. The highest BCUT2D eigenvalue weighted by Gasteiger charge is 2.43. The highest BCUT2D eigenvalue weighted by atomic mass is 32.3. The van der Waals surface area contributed by atoms with Crippen LogP contribution in [-0.2, 0) is 115 Å². The standard InChI is InChI=1S/C90H103N9O25S4/c1-55-11-14-67(15-12-55)127(108,109)30-19-72(101)58-9-8-10-59(34-58)86(105)94-52-89(2,3)53-117-54-90(4,5)120-51-63-47-97(96-95-63)21-23-115-25-27-116-26-24-114-22-20-91-85(104)60-13-16-74(121-83-42-73(102)84(103)80(48-100)122-83)79(35-60)124-128(110,111)123-66-32-56(49-118-77-40-70-68(38-75(77)112-6)87(106)98-45-61-17-28-125-81(61)36-64(98)43-92-70)31-57(33-66)50-119-78-41-71-69(39-76(78)113-7)88(107)99-46-62-18-29-126-82(62)37-65(99)44-93-71/h8-18,28-29,31-35,38-41,43-44,47,64-65,68,70,73,80,83-84,100,102-103H,19-27,30,36-37,42,45-46,48-54H2,1-7H3,(H,91,104)(H,94,105)/t64?,65-,68?,70?,73+,80+,83+,84?/m0/s1. The summed E-state index contributed by atoms with van der Waals surface area (Å²) in [5.74, 6) is -3.05. The number of aliphatic imine (C=N–C) groups is 2. The minimum Gasteiger partial charge on any atom is -0.493 e.